The Morgan fingerprint density at radius 1 is 0.780 bits per heavy atom. The first kappa shape index (κ1) is 37.1. The molecule has 0 unspecified atom stereocenters. The minimum Gasteiger partial charge on any atom is -0.397 e. The predicted octanol–water partition coefficient (Wildman–Crippen LogP) is 6.90. The van der Waals surface area contributed by atoms with Gasteiger partial charge in [0.1, 0.15) is 0 Å². The van der Waals surface area contributed by atoms with Crippen molar-refractivity contribution in [1.82, 2.24) is 5.32 Å². The summed E-state index contributed by atoms with van der Waals surface area (Å²) in [5.41, 5.74) is 12.9. The molecule has 0 bridgehead atoms. The van der Waals surface area contributed by atoms with E-state index in [4.69, 9.17) is 15.2 Å². The Balaban J connectivity index is 1.13. The van der Waals surface area contributed by atoms with E-state index in [9.17, 15) is 19.8 Å². The number of hydrogen-bond acceptors (Lipinski definition) is 8. The zero-order valence-electron chi connectivity index (χ0n) is 28.3. The Morgan fingerprint density at radius 3 is 2.28 bits per heavy atom. The van der Waals surface area contributed by atoms with Crippen LogP contribution >= 0.6 is 11.8 Å². The molecule has 1 heterocycles. The highest BCUT2D eigenvalue weighted by molar-refractivity contribution is 7.99. The average Bonchev–Trinajstić information content (AvgIpc) is 3.15. The summed E-state index contributed by atoms with van der Waals surface area (Å²) >= 11 is 1.66. The van der Waals surface area contributed by atoms with Crippen molar-refractivity contribution in [3.05, 3.63) is 119 Å². The van der Waals surface area contributed by atoms with E-state index in [0.717, 1.165) is 45.6 Å². The number of nitrogens with one attached hydrogen (secondary N) is 2. The van der Waals surface area contributed by atoms with Crippen molar-refractivity contribution < 1.29 is 29.3 Å². The van der Waals surface area contributed by atoms with Gasteiger partial charge < -0.3 is 36.1 Å². The van der Waals surface area contributed by atoms with Crippen LogP contribution in [0.4, 0.5) is 11.4 Å². The third kappa shape index (κ3) is 11.2. The highest BCUT2D eigenvalue weighted by Gasteiger charge is 2.32. The van der Waals surface area contributed by atoms with E-state index in [1.54, 1.807) is 23.9 Å². The smallest absolute Gasteiger partial charge is 0.224 e. The summed E-state index contributed by atoms with van der Waals surface area (Å²) in [5, 5.41) is 24.6. The Bertz CT molecular complexity index is 1680. The number of hydrogen-bond donors (Lipinski definition) is 5. The molecule has 6 N–H and O–H groups in total. The molecule has 264 valence electrons. The maximum Gasteiger partial charge on any atom is 0.224 e. The first-order valence-corrected chi connectivity index (χ1v) is 18.4. The van der Waals surface area contributed by atoms with Crippen molar-refractivity contribution >= 4 is 35.0 Å². The highest BCUT2D eigenvalue weighted by Crippen LogP contribution is 2.39. The third-order valence-electron chi connectivity index (χ3n) is 8.61. The zero-order chi connectivity index (χ0) is 35.1. The number of unbranched alkanes of at least 4 members (excludes halogenated alkanes) is 2. The molecule has 0 saturated carbocycles. The molecule has 0 aliphatic carbocycles. The van der Waals surface area contributed by atoms with Crippen LogP contribution in [0.2, 0.25) is 0 Å². The summed E-state index contributed by atoms with van der Waals surface area (Å²) in [6.07, 6.45) is 2.89. The Kier molecular flexibility index (Phi) is 14.3. The molecule has 0 aromatic heterocycles. The molecule has 1 aliphatic rings. The van der Waals surface area contributed by atoms with Gasteiger partial charge >= 0.3 is 0 Å². The van der Waals surface area contributed by atoms with Crippen molar-refractivity contribution in [1.29, 1.82) is 0 Å². The van der Waals surface area contributed by atoms with E-state index < -0.39 is 6.29 Å². The van der Waals surface area contributed by atoms with Crippen LogP contribution in [0.5, 0.6) is 0 Å². The molecule has 3 atom stereocenters. The largest absolute Gasteiger partial charge is 0.397 e. The molecule has 0 spiro atoms. The zero-order valence-corrected chi connectivity index (χ0v) is 29.1. The molecule has 50 heavy (non-hydrogen) atoms. The molecule has 1 saturated heterocycles. The van der Waals surface area contributed by atoms with E-state index in [1.165, 1.54) is 0 Å². The minimum atomic E-state index is -0.564. The van der Waals surface area contributed by atoms with Gasteiger partial charge in [-0.2, -0.15) is 11.8 Å². The maximum atomic E-state index is 12.6. The number of thioether (sulfide) groups is 1. The number of rotatable bonds is 17. The van der Waals surface area contributed by atoms with Gasteiger partial charge in [-0.15, -0.1) is 0 Å². The van der Waals surface area contributed by atoms with Crippen LogP contribution in [0.25, 0.3) is 11.1 Å². The Labute approximate surface area is 298 Å². The van der Waals surface area contributed by atoms with Crippen molar-refractivity contribution in [3.8, 4) is 11.1 Å². The second kappa shape index (κ2) is 19.3. The minimum absolute atomic E-state index is 0.00606. The molecule has 2 amide bonds. The van der Waals surface area contributed by atoms with Crippen molar-refractivity contribution in [2.45, 2.75) is 70.2 Å². The van der Waals surface area contributed by atoms with Crippen molar-refractivity contribution in [2.24, 2.45) is 0 Å². The van der Waals surface area contributed by atoms with E-state index >= 15 is 0 Å². The fraction of sp³-hybridized carbons (Fsp3) is 0.350. The van der Waals surface area contributed by atoms with Crippen LogP contribution < -0.4 is 16.4 Å². The maximum absolute atomic E-state index is 12.6. The molecule has 4 aromatic carbocycles. The summed E-state index contributed by atoms with van der Waals surface area (Å²) in [5.74, 6) is 1.31. The second-order valence-corrected chi connectivity index (χ2v) is 13.6. The molecule has 4 aromatic rings. The topological polar surface area (TPSA) is 143 Å². The lowest BCUT2D eigenvalue weighted by Crippen LogP contribution is -2.31. The van der Waals surface area contributed by atoms with Crippen LogP contribution in [-0.2, 0) is 32.2 Å². The number of benzene rings is 4. The van der Waals surface area contributed by atoms with Crippen LogP contribution in [0.3, 0.4) is 0 Å². The molecular formula is C40H47N3O6S. The molecule has 0 radical (unpaired) electrons. The fourth-order valence-electron chi connectivity index (χ4n) is 5.89. The number of carbonyl (C=O) groups excluding carboxylic acids is 2. The van der Waals surface area contributed by atoms with E-state index in [1.807, 2.05) is 60.7 Å². The number of aliphatic hydroxyl groups excluding tert-OH is 2. The van der Waals surface area contributed by atoms with E-state index in [0.29, 0.717) is 55.8 Å². The van der Waals surface area contributed by atoms with Crippen LogP contribution in [0.15, 0.2) is 97.1 Å². The number of aliphatic hydroxyl groups is 2. The predicted molar refractivity (Wildman–Crippen MR) is 199 cm³/mol. The lowest BCUT2D eigenvalue weighted by atomic mass is 9.99. The van der Waals surface area contributed by atoms with E-state index in [2.05, 4.69) is 34.9 Å². The van der Waals surface area contributed by atoms with Gasteiger partial charge in [-0.05, 0) is 64.9 Å². The summed E-state index contributed by atoms with van der Waals surface area (Å²) in [4.78, 5) is 24.8. The summed E-state index contributed by atoms with van der Waals surface area (Å²) in [6, 6.07) is 31.3. The lowest BCUT2D eigenvalue weighted by Gasteiger charge is -2.36. The fourth-order valence-corrected chi connectivity index (χ4v) is 6.66. The Hall–Kier alpha value is -4.19. The molecule has 1 aliphatic heterocycles. The number of carbonyl (C=O) groups is 2. The van der Waals surface area contributed by atoms with Crippen LogP contribution in [0, 0.1) is 0 Å². The molecular weight excluding hydrogens is 651 g/mol. The van der Waals surface area contributed by atoms with Gasteiger partial charge in [-0.1, -0.05) is 79.2 Å². The van der Waals surface area contributed by atoms with Gasteiger partial charge in [-0.25, -0.2) is 0 Å². The second-order valence-electron chi connectivity index (χ2n) is 12.4. The number of nitrogens with two attached hydrogens (primary N) is 1. The quantitative estimate of drug-likeness (QED) is 0.0592. The highest BCUT2D eigenvalue weighted by atomic mass is 32.2. The van der Waals surface area contributed by atoms with Gasteiger partial charge in [0.2, 0.25) is 11.8 Å². The van der Waals surface area contributed by atoms with Gasteiger partial charge in [0.05, 0.1) is 36.8 Å². The number of anilines is 2. The first-order chi connectivity index (χ1) is 24.4. The molecule has 1 fully saturated rings. The first-order valence-electron chi connectivity index (χ1n) is 17.2. The SMILES string of the molecule is Nc1ccccc1NC(=O)CCCCCC(=O)NCc1cccc(-c2cccc([C@@H]3O[C@H](CSCCO)C[C@H](c4ccc(CO)cc4)O3)c2)c1. The number of para-hydroxylation sites is 2. The van der Waals surface area contributed by atoms with Crippen LogP contribution in [0.1, 0.15) is 73.2 Å². The summed E-state index contributed by atoms with van der Waals surface area (Å²) in [6.45, 7) is 0.544. The van der Waals surface area contributed by atoms with Gasteiger partial charge in [-0.3, -0.25) is 9.59 Å². The van der Waals surface area contributed by atoms with Crippen LogP contribution in [-0.4, -0.2) is 46.2 Å². The van der Waals surface area contributed by atoms with Gasteiger partial charge in [0.25, 0.3) is 0 Å². The van der Waals surface area contributed by atoms with E-state index in [-0.39, 0.29) is 37.2 Å². The van der Waals surface area contributed by atoms with Gasteiger partial charge in [0, 0.05) is 42.9 Å². The number of ether oxygens (including phenoxy) is 2. The molecule has 9 nitrogen and oxygen atoms in total. The number of nitrogen functional groups attached to an aromatic ring is 1. The lowest BCUT2D eigenvalue weighted by molar-refractivity contribution is -0.245. The standard InChI is InChI=1S/C40H47N3O6S/c41-35-12-4-5-13-36(35)43-39(47)15-3-1-2-14-38(46)42-25-29-8-6-9-31(22-29)32-10-7-11-33(23-32)40-48-34(27-50-21-20-44)24-37(49-40)30-18-16-28(26-45)17-19-30/h4-13,16-19,22-23,34,37,40,44-45H,1-3,14-15,20-21,24-27,41H2,(H,42,46)(H,43,47)/t34-,37+,40+/m0/s1. The molecule has 5 rings (SSSR count). The Morgan fingerprint density at radius 2 is 1.52 bits per heavy atom. The normalized spacial score (nSPS) is 17.3. The monoisotopic (exact) mass is 697 g/mol. The molecule has 10 heteroatoms. The summed E-state index contributed by atoms with van der Waals surface area (Å²) < 4.78 is 13.0. The van der Waals surface area contributed by atoms with Crippen molar-refractivity contribution in [2.75, 3.05) is 29.2 Å². The third-order valence-corrected chi connectivity index (χ3v) is 9.68. The summed E-state index contributed by atoms with van der Waals surface area (Å²) in [7, 11) is 0. The van der Waals surface area contributed by atoms with Crippen molar-refractivity contribution in [3.63, 3.8) is 0 Å². The van der Waals surface area contributed by atoms with Gasteiger partial charge in [0.15, 0.2) is 6.29 Å². The average molecular weight is 698 g/mol. The number of amides is 2.